The van der Waals surface area contributed by atoms with Gasteiger partial charge in [0.25, 0.3) is 0 Å². The molecule has 0 bridgehead atoms. The number of carbonyl (C=O) groups is 1. The average molecular weight is 264 g/mol. The first-order valence-corrected chi connectivity index (χ1v) is 6.70. The lowest BCUT2D eigenvalue weighted by molar-refractivity contribution is -0.120. The van der Waals surface area contributed by atoms with Crippen LogP contribution in [0.15, 0.2) is 33.7 Å². The van der Waals surface area contributed by atoms with Crippen LogP contribution in [0.2, 0.25) is 0 Å². The first kappa shape index (κ1) is 12.8. The second-order valence-electron chi connectivity index (χ2n) is 4.79. The minimum Gasteiger partial charge on any atom is -0.469 e. The van der Waals surface area contributed by atoms with Crippen molar-refractivity contribution in [1.82, 2.24) is 10.3 Å². The summed E-state index contributed by atoms with van der Waals surface area (Å²) in [5.74, 6) is 0.858. The number of rotatable bonds is 5. The predicted octanol–water partition coefficient (Wildman–Crippen LogP) is 2.37. The first-order chi connectivity index (χ1) is 8.58. The number of nitrogens with one attached hydrogen (secondary N) is 1. The van der Waals surface area contributed by atoms with Crippen molar-refractivity contribution < 1.29 is 9.21 Å². The predicted molar refractivity (Wildman–Crippen MR) is 70.6 cm³/mol. The van der Waals surface area contributed by atoms with Crippen LogP contribution in [0.1, 0.15) is 25.3 Å². The van der Waals surface area contributed by atoms with Crippen molar-refractivity contribution in [2.45, 2.75) is 25.7 Å². The fourth-order valence-electron chi connectivity index (χ4n) is 1.62. The van der Waals surface area contributed by atoms with Crippen molar-refractivity contribution in [3.05, 3.63) is 40.7 Å². The van der Waals surface area contributed by atoms with E-state index in [4.69, 9.17) is 4.42 Å². The van der Waals surface area contributed by atoms with Gasteiger partial charge in [0.05, 0.1) is 23.9 Å². The Kier molecular flexibility index (Phi) is 3.81. The summed E-state index contributed by atoms with van der Waals surface area (Å²) in [5.41, 5.74) is 2.34. The van der Waals surface area contributed by atoms with E-state index >= 15 is 0 Å². The molecule has 1 N–H and O–H groups in total. The molecule has 2 rings (SSSR count). The van der Waals surface area contributed by atoms with Gasteiger partial charge in [0.2, 0.25) is 5.91 Å². The highest BCUT2D eigenvalue weighted by Gasteiger charge is 2.24. The van der Waals surface area contributed by atoms with Crippen molar-refractivity contribution in [1.29, 1.82) is 0 Å². The third kappa shape index (κ3) is 3.20. The highest BCUT2D eigenvalue weighted by atomic mass is 32.1. The normalized spacial score (nSPS) is 11.4. The molecule has 0 saturated carbocycles. The van der Waals surface area contributed by atoms with E-state index in [9.17, 15) is 4.79 Å². The fourth-order valence-corrected chi connectivity index (χ4v) is 2.18. The number of nitrogens with zero attached hydrogens (tertiary/aromatic N) is 1. The fraction of sp³-hybridized carbons (Fsp3) is 0.385. The van der Waals surface area contributed by atoms with Crippen molar-refractivity contribution >= 4 is 17.2 Å². The highest BCUT2D eigenvalue weighted by molar-refractivity contribution is 7.07. The number of thiazole rings is 1. The molecule has 0 radical (unpaired) electrons. The zero-order valence-corrected chi connectivity index (χ0v) is 11.3. The Morgan fingerprint density at radius 3 is 3.00 bits per heavy atom. The molecule has 0 fully saturated rings. The molecule has 1 amide bonds. The Balaban J connectivity index is 1.86. The Hall–Kier alpha value is -1.62. The molecular formula is C13H16N2O2S. The van der Waals surface area contributed by atoms with Gasteiger partial charge in [-0.3, -0.25) is 4.79 Å². The number of hydrogen-bond acceptors (Lipinski definition) is 4. The summed E-state index contributed by atoms with van der Waals surface area (Å²) in [6.45, 7) is 4.62. The largest absolute Gasteiger partial charge is 0.469 e. The molecule has 0 aliphatic heterocycles. The molecule has 96 valence electrons. The average Bonchev–Trinajstić information content (AvgIpc) is 2.99. The van der Waals surface area contributed by atoms with Gasteiger partial charge in [-0.15, -0.1) is 11.3 Å². The third-order valence-corrected chi connectivity index (χ3v) is 3.38. The molecule has 2 heterocycles. The zero-order chi connectivity index (χ0) is 13.0. The lowest BCUT2D eigenvalue weighted by Crippen LogP contribution is -2.37. The van der Waals surface area contributed by atoms with Crippen LogP contribution in [0, 0.1) is 0 Å². The number of hydrogen-bond donors (Lipinski definition) is 1. The standard InChI is InChI=1S/C13H16N2O2S/c1-13(2,11-4-3-5-17-11)8-14-12(16)6-10-7-18-9-15-10/h3-5,7,9H,6,8H2,1-2H3,(H,14,16). The van der Waals surface area contributed by atoms with Gasteiger partial charge in [-0.25, -0.2) is 4.98 Å². The van der Waals surface area contributed by atoms with Crippen LogP contribution in [-0.4, -0.2) is 17.4 Å². The number of carbonyl (C=O) groups excluding carboxylic acids is 1. The van der Waals surface area contributed by atoms with E-state index in [1.54, 1.807) is 11.8 Å². The van der Waals surface area contributed by atoms with Crippen molar-refractivity contribution in [3.63, 3.8) is 0 Å². The highest BCUT2D eigenvalue weighted by Crippen LogP contribution is 2.22. The van der Waals surface area contributed by atoms with E-state index in [1.807, 2.05) is 31.4 Å². The molecule has 5 heteroatoms. The number of aromatic nitrogens is 1. The van der Waals surface area contributed by atoms with Crippen molar-refractivity contribution in [3.8, 4) is 0 Å². The topological polar surface area (TPSA) is 55.1 Å². The smallest absolute Gasteiger partial charge is 0.226 e. The van der Waals surface area contributed by atoms with Gasteiger partial charge >= 0.3 is 0 Å². The molecule has 18 heavy (non-hydrogen) atoms. The minimum absolute atomic E-state index is 0.0134. The minimum atomic E-state index is -0.207. The van der Waals surface area contributed by atoms with Crippen LogP contribution in [-0.2, 0) is 16.6 Å². The maximum Gasteiger partial charge on any atom is 0.226 e. The van der Waals surface area contributed by atoms with Crippen molar-refractivity contribution in [2.75, 3.05) is 6.54 Å². The molecule has 0 unspecified atom stereocenters. The van der Waals surface area contributed by atoms with Gasteiger partial charge in [0.1, 0.15) is 5.76 Å². The van der Waals surface area contributed by atoms with E-state index in [-0.39, 0.29) is 11.3 Å². The van der Waals surface area contributed by atoms with Crippen molar-refractivity contribution in [2.24, 2.45) is 0 Å². The molecular weight excluding hydrogens is 248 g/mol. The summed E-state index contributed by atoms with van der Waals surface area (Å²) in [6, 6.07) is 3.78. The van der Waals surface area contributed by atoms with Gasteiger partial charge in [-0.2, -0.15) is 0 Å². The van der Waals surface area contributed by atoms with Crippen LogP contribution in [0.5, 0.6) is 0 Å². The van der Waals surface area contributed by atoms with Gasteiger partial charge in [0, 0.05) is 17.3 Å². The molecule has 0 spiro atoms. The maximum absolute atomic E-state index is 11.7. The molecule has 0 saturated heterocycles. The quantitative estimate of drug-likeness (QED) is 0.902. The molecule has 0 aliphatic carbocycles. The van der Waals surface area contributed by atoms with Gasteiger partial charge in [0.15, 0.2) is 0 Å². The van der Waals surface area contributed by atoms with Crippen LogP contribution >= 0.6 is 11.3 Å². The van der Waals surface area contributed by atoms with E-state index in [0.717, 1.165) is 11.5 Å². The maximum atomic E-state index is 11.7. The summed E-state index contributed by atoms with van der Waals surface area (Å²) in [4.78, 5) is 15.8. The van der Waals surface area contributed by atoms with E-state index in [2.05, 4.69) is 10.3 Å². The Bertz CT molecular complexity index is 489. The summed E-state index contributed by atoms with van der Waals surface area (Å²) >= 11 is 1.50. The van der Waals surface area contributed by atoms with Gasteiger partial charge in [-0.1, -0.05) is 13.8 Å². The Labute approximate surface area is 110 Å². The lowest BCUT2D eigenvalue weighted by Gasteiger charge is -2.22. The number of amides is 1. The van der Waals surface area contributed by atoms with Crippen LogP contribution < -0.4 is 5.32 Å². The van der Waals surface area contributed by atoms with E-state index < -0.39 is 0 Å². The third-order valence-electron chi connectivity index (χ3n) is 2.74. The number of furan rings is 1. The summed E-state index contributed by atoms with van der Waals surface area (Å²) in [5, 5.41) is 4.80. The van der Waals surface area contributed by atoms with Crippen LogP contribution in [0.4, 0.5) is 0 Å². The Morgan fingerprint density at radius 2 is 2.39 bits per heavy atom. The van der Waals surface area contributed by atoms with Crippen LogP contribution in [0.25, 0.3) is 0 Å². The van der Waals surface area contributed by atoms with Gasteiger partial charge < -0.3 is 9.73 Å². The van der Waals surface area contributed by atoms with E-state index in [0.29, 0.717) is 13.0 Å². The Morgan fingerprint density at radius 1 is 1.56 bits per heavy atom. The molecule has 2 aromatic heterocycles. The summed E-state index contributed by atoms with van der Waals surface area (Å²) < 4.78 is 5.37. The van der Waals surface area contributed by atoms with Gasteiger partial charge in [-0.05, 0) is 12.1 Å². The lowest BCUT2D eigenvalue weighted by atomic mass is 9.90. The first-order valence-electron chi connectivity index (χ1n) is 5.76. The molecule has 2 aromatic rings. The molecule has 0 atom stereocenters. The van der Waals surface area contributed by atoms with E-state index in [1.165, 1.54) is 11.3 Å². The molecule has 4 nitrogen and oxygen atoms in total. The second kappa shape index (κ2) is 5.35. The summed E-state index contributed by atoms with van der Waals surface area (Å²) in [7, 11) is 0. The molecule has 0 aromatic carbocycles. The zero-order valence-electron chi connectivity index (χ0n) is 10.5. The monoisotopic (exact) mass is 264 g/mol. The SMILES string of the molecule is CC(C)(CNC(=O)Cc1cscn1)c1ccco1. The van der Waals surface area contributed by atoms with Crippen LogP contribution in [0.3, 0.4) is 0 Å². The second-order valence-corrected chi connectivity index (χ2v) is 5.51. The molecule has 0 aliphatic rings. The summed E-state index contributed by atoms with van der Waals surface area (Å²) in [6.07, 6.45) is 1.98.